The van der Waals surface area contributed by atoms with Crippen molar-refractivity contribution in [3.05, 3.63) is 35.9 Å². The van der Waals surface area contributed by atoms with Crippen molar-refractivity contribution in [2.45, 2.75) is 25.5 Å². The van der Waals surface area contributed by atoms with E-state index in [0.29, 0.717) is 0 Å². The van der Waals surface area contributed by atoms with E-state index in [2.05, 4.69) is 0 Å². The summed E-state index contributed by atoms with van der Waals surface area (Å²) in [6.45, 7) is 1.78. The SMILES string of the molecule is C[C@H](c1ccccc1)N1C(=O)C[C@@H](O)C1=O. The fourth-order valence-corrected chi connectivity index (χ4v) is 1.92. The van der Waals surface area contributed by atoms with E-state index in [1.54, 1.807) is 6.92 Å². The maximum atomic E-state index is 11.6. The number of hydrogen-bond donors (Lipinski definition) is 1. The lowest BCUT2D eigenvalue weighted by Crippen LogP contribution is -2.34. The standard InChI is InChI=1S/C12H13NO3/c1-8(9-5-3-2-4-6-9)13-11(15)7-10(14)12(13)16/h2-6,8,10,14H,7H2,1H3/t8-,10-/m1/s1. The van der Waals surface area contributed by atoms with Crippen LogP contribution in [0.4, 0.5) is 0 Å². The van der Waals surface area contributed by atoms with Gasteiger partial charge in [0.15, 0.2) is 0 Å². The lowest BCUT2D eigenvalue weighted by atomic mass is 10.1. The van der Waals surface area contributed by atoms with E-state index < -0.39 is 12.0 Å². The molecule has 0 spiro atoms. The smallest absolute Gasteiger partial charge is 0.259 e. The lowest BCUT2D eigenvalue weighted by molar-refractivity contribution is -0.143. The van der Waals surface area contributed by atoms with Crippen LogP contribution < -0.4 is 0 Å². The molecular weight excluding hydrogens is 206 g/mol. The fraction of sp³-hybridized carbons (Fsp3) is 0.333. The van der Waals surface area contributed by atoms with Crippen LogP contribution in [0.15, 0.2) is 30.3 Å². The van der Waals surface area contributed by atoms with Crippen molar-refractivity contribution in [3.63, 3.8) is 0 Å². The number of carbonyl (C=O) groups excluding carboxylic acids is 2. The molecule has 0 bridgehead atoms. The van der Waals surface area contributed by atoms with Gasteiger partial charge in [0.25, 0.3) is 5.91 Å². The average Bonchev–Trinajstić information content (AvgIpc) is 2.54. The Kier molecular flexibility index (Phi) is 2.75. The second-order valence-corrected chi connectivity index (χ2v) is 3.91. The van der Waals surface area contributed by atoms with Gasteiger partial charge in [0.05, 0.1) is 12.5 Å². The normalized spacial score (nSPS) is 22.6. The van der Waals surface area contributed by atoms with Crippen LogP contribution in [0.2, 0.25) is 0 Å². The van der Waals surface area contributed by atoms with E-state index in [4.69, 9.17) is 0 Å². The number of hydrogen-bond acceptors (Lipinski definition) is 3. The summed E-state index contributed by atoms with van der Waals surface area (Å²) in [6, 6.07) is 8.98. The first-order valence-corrected chi connectivity index (χ1v) is 5.20. The molecule has 0 aromatic heterocycles. The van der Waals surface area contributed by atoms with Crippen molar-refractivity contribution < 1.29 is 14.7 Å². The fourth-order valence-electron chi connectivity index (χ4n) is 1.92. The number of aliphatic hydroxyl groups is 1. The number of carbonyl (C=O) groups is 2. The van der Waals surface area contributed by atoms with Crippen LogP contribution in [0.3, 0.4) is 0 Å². The number of likely N-dealkylation sites (tertiary alicyclic amines) is 1. The molecule has 1 aromatic carbocycles. The molecule has 1 aliphatic rings. The molecule has 1 aromatic rings. The first kappa shape index (κ1) is 10.8. The zero-order chi connectivity index (χ0) is 11.7. The molecule has 2 amide bonds. The Morgan fingerprint density at radius 2 is 1.94 bits per heavy atom. The Hall–Kier alpha value is -1.68. The van der Waals surface area contributed by atoms with Gasteiger partial charge in [0, 0.05) is 0 Å². The van der Waals surface area contributed by atoms with Crippen LogP contribution in [0, 0.1) is 0 Å². The summed E-state index contributed by atoms with van der Waals surface area (Å²) in [4.78, 5) is 24.3. The molecule has 0 unspecified atom stereocenters. The van der Waals surface area contributed by atoms with E-state index in [1.165, 1.54) is 0 Å². The summed E-state index contributed by atoms with van der Waals surface area (Å²) >= 11 is 0. The molecule has 1 fully saturated rings. The monoisotopic (exact) mass is 219 g/mol. The third-order valence-corrected chi connectivity index (χ3v) is 2.83. The topological polar surface area (TPSA) is 57.6 Å². The molecule has 1 saturated heterocycles. The van der Waals surface area contributed by atoms with Gasteiger partial charge in [-0.1, -0.05) is 30.3 Å². The number of aliphatic hydroxyl groups excluding tert-OH is 1. The zero-order valence-corrected chi connectivity index (χ0v) is 8.96. The van der Waals surface area contributed by atoms with Crippen molar-refractivity contribution in [3.8, 4) is 0 Å². The van der Waals surface area contributed by atoms with Gasteiger partial charge in [-0.15, -0.1) is 0 Å². The molecule has 1 N–H and O–H groups in total. The van der Waals surface area contributed by atoms with Crippen LogP contribution in [0.25, 0.3) is 0 Å². The van der Waals surface area contributed by atoms with Gasteiger partial charge in [-0.3, -0.25) is 14.5 Å². The molecule has 4 heteroatoms. The van der Waals surface area contributed by atoms with Crippen LogP contribution >= 0.6 is 0 Å². The molecule has 0 aliphatic carbocycles. The summed E-state index contributed by atoms with van der Waals surface area (Å²) < 4.78 is 0. The van der Waals surface area contributed by atoms with Crippen LogP contribution in [0.5, 0.6) is 0 Å². The number of rotatable bonds is 2. The van der Waals surface area contributed by atoms with E-state index in [0.717, 1.165) is 10.5 Å². The van der Waals surface area contributed by atoms with Gasteiger partial charge in [-0.05, 0) is 12.5 Å². The highest BCUT2D eigenvalue weighted by Crippen LogP contribution is 2.26. The second-order valence-electron chi connectivity index (χ2n) is 3.91. The summed E-state index contributed by atoms with van der Waals surface area (Å²) in [6.07, 6.45) is -1.27. The molecule has 2 atom stereocenters. The maximum Gasteiger partial charge on any atom is 0.259 e. The van der Waals surface area contributed by atoms with Crippen molar-refractivity contribution in [1.82, 2.24) is 4.90 Å². The average molecular weight is 219 g/mol. The summed E-state index contributed by atoms with van der Waals surface area (Å²) in [5.41, 5.74) is 0.887. The molecule has 1 aliphatic heterocycles. The Balaban J connectivity index is 2.26. The van der Waals surface area contributed by atoms with Crippen molar-refractivity contribution in [2.24, 2.45) is 0 Å². The zero-order valence-electron chi connectivity index (χ0n) is 8.96. The number of amides is 2. The quantitative estimate of drug-likeness (QED) is 0.751. The first-order valence-electron chi connectivity index (χ1n) is 5.20. The molecule has 1 heterocycles. The van der Waals surface area contributed by atoms with E-state index in [9.17, 15) is 14.7 Å². The maximum absolute atomic E-state index is 11.6. The van der Waals surface area contributed by atoms with Gasteiger partial charge in [-0.2, -0.15) is 0 Å². The van der Waals surface area contributed by atoms with E-state index >= 15 is 0 Å². The van der Waals surface area contributed by atoms with Crippen molar-refractivity contribution >= 4 is 11.8 Å². The summed E-state index contributed by atoms with van der Waals surface area (Å²) in [7, 11) is 0. The molecular formula is C12H13NO3. The lowest BCUT2D eigenvalue weighted by Gasteiger charge is -2.22. The Labute approximate surface area is 93.5 Å². The minimum atomic E-state index is -1.17. The highest BCUT2D eigenvalue weighted by Gasteiger charge is 2.40. The summed E-state index contributed by atoms with van der Waals surface area (Å²) in [5.74, 6) is -0.810. The predicted octanol–water partition coefficient (Wildman–Crippen LogP) is 0.867. The van der Waals surface area contributed by atoms with Gasteiger partial charge in [0.2, 0.25) is 5.91 Å². The molecule has 0 radical (unpaired) electrons. The largest absolute Gasteiger partial charge is 0.383 e. The Morgan fingerprint density at radius 3 is 2.44 bits per heavy atom. The Morgan fingerprint density at radius 1 is 1.31 bits per heavy atom. The molecule has 84 valence electrons. The third-order valence-electron chi connectivity index (χ3n) is 2.83. The molecule has 0 saturated carbocycles. The van der Waals surface area contributed by atoms with Gasteiger partial charge < -0.3 is 5.11 Å². The Bertz CT molecular complexity index is 416. The number of nitrogens with zero attached hydrogens (tertiary/aromatic N) is 1. The number of benzene rings is 1. The molecule has 2 rings (SSSR count). The van der Waals surface area contributed by atoms with Crippen LogP contribution in [0.1, 0.15) is 24.9 Å². The van der Waals surface area contributed by atoms with Crippen LogP contribution in [-0.2, 0) is 9.59 Å². The van der Waals surface area contributed by atoms with Gasteiger partial charge >= 0.3 is 0 Å². The minimum Gasteiger partial charge on any atom is -0.383 e. The van der Waals surface area contributed by atoms with E-state index in [-0.39, 0.29) is 18.4 Å². The van der Waals surface area contributed by atoms with Gasteiger partial charge in [-0.25, -0.2) is 0 Å². The highest BCUT2D eigenvalue weighted by molar-refractivity contribution is 6.05. The summed E-state index contributed by atoms with van der Waals surface area (Å²) in [5, 5.41) is 9.32. The van der Waals surface area contributed by atoms with Crippen LogP contribution in [-0.4, -0.2) is 27.9 Å². The first-order chi connectivity index (χ1) is 7.61. The highest BCUT2D eigenvalue weighted by atomic mass is 16.3. The van der Waals surface area contributed by atoms with E-state index in [1.807, 2.05) is 30.3 Å². The molecule has 4 nitrogen and oxygen atoms in total. The predicted molar refractivity (Wildman–Crippen MR) is 57.3 cm³/mol. The molecule has 16 heavy (non-hydrogen) atoms. The third kappa shape index (κ3) is 1.72. The minimum absolute atomic E-state index is 0.101. The van der Waals surface area contributed by atoms with Gasteiger partial charge in [0.1, 0.15) is 6.10 Å². The second kappa shape index (κ2) is 4.06. The van der Waals surface area contributed by atoms with Crippen molar-refractivity contribution in [2.75, 3.05) is 0 Å². The van der Waals surface area contributed by atoms with Crippen molar-refractivity contribution in [1.29, 1.82) is 0 Å². The number of imide groups is 1.